The van der Waals surface area contributed by atoms with Crippen LogP contribution in [0.15, 0.2) is 32.5 Å². The summed E-state index contributed by atoms with van der Waals surface area (Å²) in [7, 11) is 1.55. The molecular formula is C12H9Br2NO2S. The molecule has 1 aromatic carbocycles. The lowest BCUT2D eigenvalue weighted by molar-refractivity contribution is 0.104. The number of nitrogen functional groups attached to an aromatic ring is 1. The molecule has 0 aliphatic heterocycles. The number of anilines is 1. The van der Waals surface area contributed by atoms with E-state index >= 15 is 0 Å². The Hall–Kier alpha value is -0.850. The van der Waals surface area contributed by atoms with Crippen LogP contribution < -0.4 is 10.5 Å². The molecule has 0 aliphatic rings. The molecule has 2 rings (SSSR count). The maximum atomic E-state index is 12.3. The maximum absolute atomic E-state index is 12.3. The second kappa shape index (κ2) is 5.42. The molecule has 0 radical (unpaired) electrons. The minimum Gasteiger partial charge on any atom is -0.497 e. The van der Waals surface area contributed by atoms with E-state index in [-0.39, 0.29) is 5.78 Å². The third kappa shape index (κ3) is 2.60. The molecule has 0 saturated heterocycles. The van der Waals surface area contributed by atoms with Crippen LogP contribution in [0.5, 0.6) is 5.75 Å². The second-order valence-electron chi connectivity index (χ2n) is 3.51. The van der Waals surface area contributed by atoms with Crippen molar-refractivity contribution in [2.24, 2.45) is 0 Å². The van der Waals surface area contributed by atoms with Gasteiger partial charge in [-0.15, -0.1) is 11.3 Å². The number of rotatable bonds is 3. The fourth-order valence-electron chi connectivity index (χ4n) is 1.45. The molecule has 0 bridgehead atoms. The minimum absolute atomic E-state index is 0.109. The van der Waals surface area contributed by atoms with Crippen LogP contribution in [0, 0.1) is 0 Å². The molecule has 0 aliphatic carbocycles. The van der Waals surface area contributed by atoms with Gasteiger partial charge in [-0.2, -0.15) is 0 Å². The Morgan fingerprint density at radius 1 is 1.33 bits per heavy atom. The van der Waals surface area contributed by atoms with Gasteiger partial charge < -0.3 is 10.5 Å². The van der Waals surface area contributed by atoms with Gasteiger partial charge in [-0.3, -0.25) is 4.79 Å². The van der Waals surface area contributed by atoms with Crippen LogP contribution in [-0.4, -0.2) is 12.9 Å². The fraction of sp³-hybridized carbons (Fsp3) is 0.0833. The van der Waals surface area contributed by atoms with Crippen LogP contribution in [-0.2, 0) is 0 Å². The molecule has 6 heteroatoms. The van der Waals surface area contributed by atoms with Gasteiger partial charge >= 0.3 is 0 Å². The van der Waals surface area contributed by atoms with Crippen LogP contribution in [0.2, 0.25) is 0 Å². The Balaban J connectivity index is 2.45. The van der Waals surface area contributed by atoms with E-state index in [1.807, 2.05) is 0 Å². The summed E-state index contributed by atoms with van der Waals surface area (Å²) in [5, 5.41) is 0. The molecular weight excluding hydrogens is 382 g/mol. The molecule has 0 fully saturated rings. The molecule has 0 unspecified atom stereocenters. The summed E-state index contributed by atoms with van der Waals surface area (Å²) in [5.41, 5.74) is 6.73. The highest BCUT2D eigenvalue weighted by Gasteiger charge is 2.17. The summed E-state index contributed by atoms with van der Waals surface area (Å²) in [4.78, 5) is 13.0. The summed E-state index contributed by atoms with van der Waals surface area (Å²) in [6.07, 6.45) is 0. The Labute approximate surface area is 125 Å². The zero-order chi connectivity index (χ0) is 13.3. The lowest BCUT2D eigenvalue weighted by Gasteiger charge is -2.06. The molecule has 1 aromatic heterocycles. The highest BCUT2D eigenvalue weighted by atomic mass is 79.9. The third-order valence-corrected chi connectivity index (χ3v) is 5.63. The normalized spacial score (nSPS) is 10.4. The highest BCUT2D eigenvalue weighted by molar-refractivity contribution is 9.13. The lowest BCUT2D eigenvalue weighted by atomic mass is 10.1. The van der Waals surface area contributed by atoms with Gasteiger partial charge in [0, 0.05) is 15.7 Å². The largest absolute Gasteiger partial charge is 0.497 e. The van der Waals surface area contributed by atoms with Crippen molar-refractivity contribution in [3.63, 3.8) is 0 Å². The number of hydrogen-bond acceptors (Lipinski definition) is 4. The van der Waals surface area contributed by atoms with Gasteiger partial charge in [0.2, 0.25) is 5.78 Å². The number of carbonyl (C=O) groups excluding carboxylic acids is 1. The van der Waals surface area contributed by atoms with Gasteiger partial charge in [-0.1, -0.05) is 0 Å². The van der Waals surface area contributed by atoms with Crippen LogP contribution in [0.1, 0.15) is 15.2 Å². The van der Waals surface area contributed by atoms with Crippen LogP contribution in [0.3, 0.4) is 0 Å². The van der Waals surface area contributed by atoms with Crippen LogP contribution in [0.4, 0.5) is 5.69 Å². The van der Waals surface area contributed by atoms with Gasteiger partial charge in [0.1, 0.15) is 5.75 Å². The van der Waals surface area contributed by atoms with Crippen molar-refractivity contribution < 1.29 is 9.53 Å². The Morgan fingerprint density at radius 3 is 2.61 bits per heavy atom. The van der Waals surface area contributed by atoms with Crippen molar-refractivity contribution in [3.8, 4) is 5.75 Å². The lowest BCUT2D eigenvalue weighted by Crippen LogP contribution is -2.04. The molecule has 94 valence electrons. The van der Waals surface area contributed by atoms with Crippen molar-refractivity contribution in [1.29, 1.82) is 0 Å². The van der Waals surface area contributed by atoms with E-state index in [2.05, 4.69) is 31.9 Å². The Morgan fingerprint density at radius 2 is 2.06 bits per heavy atom. The average Bonchev–Trinajstić information content (AvgIpc) is 2.69. The number of carbonyl (C=O) groups is 1. The summed E-state index contributed by atoms with van der Waals surface area (Å²) >= 11 is 8.09. The minimum atomic E-state index is -0.109. The first-order valence-corrected chi connectivity index (χ1v) is 7.36. The number of ether oxygens (including phenoxy) is 1. The van der Waals surface area contributed by atoms with Crippen molar-refractivity contribution in [2.45, 2.75) is 0 Å². The Kier molecular flexibility index (Phi) is 4.09. The smallest absolute Gasteiger partial charge is 0.205 e. The van der Waals surface area contributed by atoms with Gasteiger partial charge in [0.15, 0.2) is 0 Å². The summed E-state index contributed by atoms with van der Waals surface area (Å²) in [5.74, 6) is 0.505. The number of halogens is 2. The number of methoxy groups -OCH3 is 1. The molecule has 3 nitrogen and oxygen atoms in total. The molecule has 0 atom stereocenters. The average molecular weight is 391 g/mol. The van der Waals surface area contributed by atoms with E-state index in [9.17, 15) is 4.79 Å². The number of hydrogen-bond donors (Lipinski definition) is 1. The summed E-state index contributed by atoms with van der Waals surface area (Å²) in [6, 6.07) is 6.82. The highest BCUT2D eigenvalue weighted by Crippen LogP contribution is 2.34. The van der Waals surface area contributed by atoms with E-state index in [1.54, 1.807) is 31.4 Å². The van der Waals surface area contributed by atoms with E-state index in [1.165, 1.54) is 11.3 Å². The SMILES string of the molecule is COc1ccc(N)c(C(=O)c2cc(Br)c(Br)s2)c1. The van der Waals surface area contributed by atoms with E-state index in [4.69, 9.17) is 10.5 Å². The van der Waals surface area contributed by atoms with Crippen molar-refractivity contribution in [1.82, 2.24) is 0 Å². The van der Waals surface area contributed by atoms with E-state index in [0.717, 1.165) is 8.26 Å². The number of benzene rings is 1. The van der Waals surface area contributed by atoms with Gasteiger partial charge in [-0.25, -0.2) is 0 Å². The maximum Gasteiger partial charge on any atom is 0.205 e. The number of thiophene rings is 1. The first-order chi connectivity index (χ1) is 8.52. The molecule has 0 amide bonds. The molecule has 2 aromatic rings. The van der Waals surface area contributed by atoms with Gasteiger partial charge in [-0.05, 0) is 56.1 Å². The predicted molar refractivity (Wildman–Crippen MR) is 80.6 cm³/mol. The first kappa shape index (κ1) is 13.6. The van der Waals surface area contributed by atoms with Crippen molar-refractivity contribution >= 4 is 54.7 Å². The Bertz CT molecular complexity index is 591. The van der Waals surface area contributed by atoms with Crippen molar-refractivity contribution in [3.05, 3.63) is 43.0 Å². The quantitative estimate of drug-likeness (QED) is 0.634. The molecule has 0 saturated carbocycles. The van der Waals surface area contributed by atoms with Crippen molar-refractivity contribution in [2.75, 3.05) is 12.8 Å². The predicted octanol–water partition coefficient (Wildman–Crippen LogP) is 4.09. The third-order valence-electron chi connectivity index (χ3n) is 2.37. The topological polar surface area (TPSA) is 52.3 Å². The zero-order valence-corrected chi connectivity index (χ0v) is 13.4. The van der Waals surface area contributed by atoms with E-state index in [0.29, 0.717) is 21.9 Å². The first-order valence-electron chi connectivity index (χ1n) is 4.96. The molecule has 18 heavy (non-hydrogen) atoms. The van der Waals surface area contributed by atoms with Gasteiger partial charge in [0.05, 0.1) is 15.8 Å². The molecule has 0 spiro atoms. The zero-order valence-electron chi connectivity index (χ0n) is 9.37. The second-order valence-corrected chi connectivity index (χ2v) is 6.74. The number of nitrogens with two attached hydrogens (primary N) is 1. The fourth-order valence-corrected chi connectivity index (χ4v) is 3.44. The summed E-state index contributed by atoms with van der Waals surface area (Å²) in [6.45, 7) is 0. The monoisotopic (exact) mass is 389 g/mol. The summed E-state index contributed by atoms with van der Waals surface area (Å²) < 4.78 is 6.84. The van der Waals surface area contributed by atoms with Crippen LogP contribution >= 0.6 is 43.2 Å². The van der Waals surface area contributed by atoms with Gasteiger partial charge in [0.25, 0.3) is 0 Å². The van der Waals surface area contributed by atoms with Crippen LogP contribution in [0.25, 0.3) is 0 Å². The molecule has 2 N–H and O–H groups in total. The standard InChI is InChI=1S/C12H9Br2NO2S/c1-17-6-2-3-9(15)7(4-6)11(16)10-5-8(13)12(14)18-10/h2-5H,15H2,1H3. The molecule has 1 heterocycles. The van der Waals surface area contributed by atoms with E-state index < -0.39 is 0 Å². The number of ketones is 1.